The summed E-state index contributed by atoms with van der Waals surface area (Å²) in [5, 5.41) is 0. The average molecular weight is 317 g/mol. The fraction of sp³-hybridized carbons (Fsp3) is 0.105. The molecule has 0 saturated heterocycles. The highest BCUT2D eigenvalue weighted by Crippen LogP contribution is 2.30. The van der Waals surface area contributed by atoms with Crippen LogP contribution in [-0.2, 0) is 6.42 Å². The molecule has 0 spiro atoms. The molecule has 5 heteroatoms. The fourth-order valence-electron chi connectivity index (χ4n) is 3.08. The Morgan fingerprint density at radius 3 is 2.67 bits per heavy atom. The molecule has 0 bridgehead atoms. The highest BCUT2D eigenvalue weighted by atomic mass is 16.1. The van der Waals surface area contributed by atoms with Crippen LogP contribution in [0.2, 0.25) is 0 Å². The van der Waals surface area contributed by atoms with Crippen molar-refractivity contribution in [3.8, 4) is 0 Å². The predicted molar refractivity (Wildman–Crippen MR) is 92.6 cm³/mol. The van der Waals surface area contributed by atoms with E-state index in [2.05, 4.69) is 11.1 Å². The Kier molecular flexibility index (Phi) is 3.27. The first-order valence-corrected chi connectivity index (χ1v) is 7.74. The van der Waals surface area contributed by atoms with Crippen LogP contribution >= 0.6 is 0 Å². The SMILES string of the molecule is NC(=O)c1ccc2nc3c(c(=O)n2c1)CC/C3=C/c1ccccc1. The summed E-state index contributed by atoms with van der Waals surface area (Å²) in [6, 6.07) is 13.2. The summed E-state index contributed by atoms with van der Waals surface area (Å²) in [5.74, 6) is -0.561. The van der Waals surface area contributed by atoms with Gasteiger partial charge in [-0.3, -0.25) is 14.0 Å². The summed E-state index contributed by atoms with van der Waals surface area (Å²) in [7, 11) is 0. The van der Waals surface area contributed by atoms with Gasteiger partial charge in [-0.15, -0.1) is 0 Å². The number of nitrogens with two attached hydrogens (primary N) is 1. The molecule has 1 amide bonds. The monoisotopic (exact) mass is 317 g/mol. The largest absolute Gasteiger partial charge is 0.366 e. The molecule has 0 aliphatic heterocycles. The maximum Gasteiger partial charge on any atom is 0.261 e. The molecule has 1 aliphatic rings. The molecule has 3 aromatic rings. The minimum atomic E-state index is -0.561. The second kappa shape index (κ2) is 5.45. The lowest BCUT2D eigenvalue weighted by Gasteiger charge is -2.06. The lowest BCUT2D eigenvalue weighted by molar-refractivity contribution is 0.1000. The molecular formula is C19H15N3O2. The Morgan fingerprint density at radius 2 is 1.92 bits per heavy atom. The number of primary amides is 1. The summed E-state index contributed by atoms with van der Waals surface area (Å²) in [6.45, 7) is 0. The van der Waals surface area contributed by atoms with E-state index in [1.165, 1.54) is 10.6 Å². The van der Waals surface area contributed by atoms with Gasteiger partial charge in [0.05, 0.1) is 11.3 Å². The van der Waals surface area contributed by atoms with E-state index in [4.69, 9.17) is 5.73 Å². The second-order valence-corrected chi connectivity index (χ2v) is 5.83. The van der Waals surface area contributed by atoms with Crippen LogP contribution in [0.1, 0.15) is 33.6 Å². The zero-order valence-corrected chi connectivity index (χ0v) is 12.9. The molecule has 2 aromatic heterocycles. The van der Waals surface area contributed by atoms with Crippen LogP contribution in [0.4, 0.5) is 0 Å². The van der Waals surface area contributed by atoms with Crippen molar-refractivity contribution < 1.29 is 4.79 Å². The number of hydrogen-bond donors (Lipinski definition) is 1. The van der Waals surface area contributed by atoms with E-state index < -0.39 is 5.91 Å². The van der Waals surface area contributed by atoms with E-state index >= 15 is 0 Å². The van der Waals surface area contributed by atoms with Crippen LogP contribution in [0, 0.1) is 0 Å². The maximum atomic E-state index is 12.7. The van der Waals surface area contributed by atoms with Crippen molar-refractivity contribution >= 4 is 23.2 Å². The smallest absolute Gasteiger partial charge is 0.261 e. The Balaban J connectivity index is 1.90. The van der Waals surface area contributed by atoms with E-state index in [9.17, 15) is 9.59 Å². The number of pyridine rings is 1. The molecule has 0 saturated carbocycles. The number of hydrogen-bond acceptors (Lipinski definition) is 3. The lowest BCUT2D eigenvalue weighted by atomic mass is 10.1. The van der Waals surface area contributed by atoms with Gasteiger partial charge in [0, 0.05) is 11.8 Å². The molecule has 0 radical (unpaired) electrons. The Bertz CT molecular complexity index is 1050. The molecule has 0 atom stereocenters. The van der Waals surface area contributed by atoms with Crippen molar-refractivity contribution in [2.45, 2.75) is 12.8 Å². The van der Waals surface area contributed by atoms with Gasteiger partial charge in [0.2, 0.25) is 5.91 Å². The molecule has 118 valence electrons. The number of nitrogens with zero attached hydrogens (tertiary/aromatic N) is 2. The van der Waals surface area contributed by atoms with Crippen molar-refractivity contribution in [1.82, 2.24) is 9.38 Å². The van der Waals surface area contributed by atoms with Gasteiger partial charge in [0.1, 0.15) is 5.65 Å². The first-order valence-electron chi connectivity index (χ1n) is 7.74. The van der Waals surface area contributed by atoms with Crippen LogP contribution in [0.3, 0.4) is 0 Å². The van der Waals surface area contributed by atoms with Crippen LogP contribution < -0.4 is 11.3 Å². The molecule has 0 unspecified atom stereocenters. The van der Waals surface area contributed by atoms with Crippen molar-refractivity contribution in [3.63, 3.8) is 0 Å². The summed E-state index contributed by atoms with van der Waals surface area (Å²) < 4.78 is 1.41. The van der Waals surface area contributed by atoms with Crippen molar-refractivity contribution in [3.05, 3.63) is 81.4 Å². The minimum Gasteiger partial charge on any atom is -0.366 e. The zero-order valence-electron chi connectivity index (χ0n) is 12.9. The van der Waals surface area contributed by atoms with Crippen LogP contribution in [0.5, 0.6) is 0 Å². The Hall–Kier alpha value is -3.21. The number of aromatic nitrogens is 2. The molecule has 1 aliphatic carbocycles. The third-order valence-electron chi connectivity index (χ3n) is 4.29. The number of allylic oxidation sites excluding steroid dienone is 1. The van der Waals surface area contributed by atoms with E-state index in [1.807, 2.05) is 30.3 Å². The Labute approximate surface area is 138 Å². The first kappa shape index (κ1) is 14.4. The molecule has 1 aromatic carbocycles. The topological polar surface area (TPSA) is 77.5 Å². The van der Waals surface area contributed by atoms with Crippen LogP contribution in [0.25, 0.3) is 17.3 Å². The second-order valence-electron chi connectivity index (χ2n) is 5.83. The number of fused-ring (bicyclic) bond motifs is 2. The quantitative estimate of drug-likeness (QED) is 0.787. The third-order valence-corrected chi connectivity index (χ3v) is 4.29. The van der Waals surface area contributed by atoms with Gasteiger partial charge >= 0.3 is 0 Å². The summed E-state index contributed by atoms with van der Waals surface area (Å²) in [5.41, 5.74) is 9.58. The standard InChI is InChI=1S/C19H15N3O2/c20-18(23)14-7-9-16-21-17-13(10-12-4-2-1-3-5-12)6-8-15(17)19(24)22(16)11-14/h1-5,7,9-11H,6,8H2,(H2,20,23)/b13-10-. The van der Waals surface area contributed by atoms with E-state index in [-0.39, 0.29) is 5.56 Å². The highest BCUT2D eigenvalue weighted by molar-refractivity contribution is 5.92. The fourth-order valence-corrected chi connectivity index (χ4v) is 3.08. The van der Waals surface area contributed by atoms with Gasteiger partial charge < -0.3 is 5.73 Å². The lowest BCUT2D eigenvalue weighted by Crippen LogP contribution is -2.21. The highest BCUT2D eigenvalue weighted by Gasteiger charge is 2.22. The molecule has 2 heterocycles. The van der Waals surface area contributed by atoms with E-state index in [0.717, 1.165) is 23.3 Å². The molecule has 4 rings (SSSR count). The van der Waals surface area contributed by atoms with Crippen molar-refractivity contribution in [2.75, 3.05) is 0 Å². The zero-order chi connectivity index (χ0) is 16.7. The molecular weight excluding hydrogens is 302 g/mol. The summed E-state index contributed by atoms with van der Waals surface area (Å²) >= 11 is 0. The molecule has 5 nitrogen and oxygen atoms in total. The van der Waals surface area contributed by atoms with Gasteiger partial charge in [0.25, 0.3) is 5.56 Å². The number of benzene rings is 1. The van der Waals surface area contributed by atoms with Gasteiger partial charge in [-0.05, 0) is 42.2 Å². The van der Waals surface area contributed by atoms with Crippen LogP contribution in [0.15, 0.2) is 53.5 Å². The van der Waals surface area contributed by atoms with Crippen LogP contribution in [-0.4, -0.2) is 15.3 Å². The molecule has 2 N–H and O–H groups in total. The minimum absolute atomic E-state index is 0.130. The summed E-state index contributed by atoms with van der Waals surface area (Å²) in [6.07, 6.45) is 4.98. The third kappa shape index (κ3) is 2.31. The average Bonchev–Trinajstić information content (AvgIpc) is 2.99. The van der Waals surface area contributed by atoms with Crippen molar-refractivity contribution in [1.29, 1.82) is 0 Å². The maximum absolute atomic E-state index is 12.7. The number of carbonyl (C=O) groups excluding carboxylic acids is 1. The van der Waals surface area contributed by atoms with Gasteiger partial charge in [-0.1, -0.05) is 30.3 Å². The number of amides is 1. The normalized spacial score (nSPS) is 14.9. The Morgan fingerprint density at radius 1 is 1.12 bits per heavy atom. The number of carbonyl (C=O) groups is 1. The van der Waals surface area contributed by atoms with Gasteiger partial charge in [-0.25, -0.2) is 4.98 Å². The summed E-state index contributed by atoms with van der Waals surface area (Å²) in [4.78, 5) is 28.7. The van der Waals surface area contributed by atoms with E-state index in [1.54, 1.807) is 12.1 Å². The first-order chi connectivity index (χ1) is 11.6. The van der Waals surface area contributed by atoms with Crippen molar-refractivity contribution in [2.24, 2.45) is 5.73 Å². The number of rotatable bonds is 2. The predicted octanol–water partition coefficient (Wildman–Crippen LogP) is 2.28. The van der Waals surface area contributed by atoms with Gasteiger partial charge in [0.15, 0.2) is 0 Å². The molecule has 24 heavy (non-hydrogen) atoms. The van der Waals surface area contributed by atoms with Gasteiger partial charge in [-0.2, -0.15) is 0 Å². The molecule has 0 fully saturated rings. The van der Waals surface area contributed by atoms with E-state index in [0.29, 0.717) is 23.2 Å².